The van der Waals surface area contributed by atoms with Crippen LogP contribution >= 0.6 is 11.6 Å². The van der Waals surface area contributed by atoms with Crippen molar-refractivity contribution < 1.29 is 13.2 Å². The van der Waals surface area contributed by atoms with Gasteiger partial charge in [-0.05, 0) is 56.5 Å². The van der Waals surface area contributed by atoms with Crippen molar-refractivity contribution in [2.24, 2.45) is 0 Å². The van der Waals surface area contributed by atoms with E-state index in [0.29, 0.717) is 5.02 Å². The summed E-state index contributed by atoms with van der Waals surface area (Å²) in [5.41, 5.74) is 1.20. The number of carbonyl (C=O) groups excluding carboxylic acids is 1. The Morgan fingerprint density at radius 3 is 2.27 bits per heavy atom. The highest BCUT2D eigenvalue weighted by Crippen LogP contribution is 2.14. The molecular formula is C19H23ClN2O3S. The van der Waals surface area contributed by atoms with Gasteiger partial charge in [0, 0.05) is 11.1 Å². The lowest BCUT2D eigenvalue weighted by molar-refractivity contribution is -0.123. The minimum absolute atomic E-state index is 0.0646. The molecule has 0 aliphatic carbocycles. The van der Waals surface area contributed by atoms with E-state index < -0.39 is 16.1 Å². The summed E-state index contributed by atoms with van der Waals surface area (Å²) >= 11 is 5.77. The lowest BCUT2D eigenvalue weighted by Crippen LogP contribution is -2.47. The van der Waals surface area contributed by atoms with E-state index in [-0.39, 0.29) is 16.8 Å². The van der Waals surface area contributed by atoms with Crippen LogP contribution in [0.2, 0.25) is 5.02 Å². The molecule has 2 aromatic rings. The van der Waals surface area contributed by atoms with Gasteiger partial charge in [0.2, 0.25) is 15.9 Å². The third kappa shape index (κ3) is 6.12. The number of halogens is 1. The molecule has 1 amide bonds. The third-order valence-corrected chi connectivity index (χ3v) is 5.76. The number of amides is 1. The molecule has 26 heavy (non-hydrogen) atoms. The van der Waals surface area contributed by atoms with Crippen molar-refractivity contribution in [3.8, 4) is 0 Å². The van der Waals surface area contributed by atoms with Crippen molar-refractivity contribution in [2.75, 3.05) is 0 Å². The topological polar surface area (TPSA) is 75.3 Å². The standard InChI is InChI=1S/C19H23ClN2O3S/c1-14(8-9-16-6-4-3-5-7-16)21-19(23)15(2)22-26(24,25)18-12-10-17(20)11-13-18/h3-7,10-15,22H,8-9H2,1-2H3,(H,21,23)/t14-,15+/m1/s1. The Hall–Kier alpha value is -1.89. The van der Waals surface area contributed by atoms with E-state index in [4.69, 9.17) is 11.6 Å². The fraction of sp³-hybridized carbons (Fsp3) is 0.316. The Bertz CT molecular complexity index is 824. The van der Waals surface area contributed by atoms with E-state index in [1.807, 2.05) is 37.3 Å². The number of benzene rings is 2. The maximum atomic E-state index is 12.3. The molecule has 0 bridgehead atoms. The summed E-state index contributed by atoms with van der Waals surface area (Å²) in [5.74, 6) is -0.358. The SMILES string of the molecule is C[C@H](CCc1ccccc1)NC(=O)[C@H](C)NS(=O)(=O)c1ccc(Cl)cc1. The van der Waals surface area contributed by atoms with Gasteiger partial charge in [0.1, 0.15) is 0 Å². The van der Waals surface area contributed by atoms with Crippen molar-refractivity contribution in [1.82, 2.24) is 10.0 Å². The molecule has 2 atom stereocenters. The quantitative estimate of drug-likeness (QED) is 0.722. The van der Waals surface area contributed by atoms with Crippen molar-refractivity contribution >= 4 is 27.5 Å². The predicted molar refractivity (Wildman–Crippen MR) is 104 cm³/mol. The summed E-state index contributed by atoms with van der Waals surface area (Å²) in [5, 5.41) is 3.29. The molecule has 0 heterocycles. The zero-order chi connectivity index (χ0) is 19.2. The number of carbonyl (C=O) groups is 1. The van der Waals surface area contributed by atoms with Crippen LogP contribution in [0.5, 0.6) is 0 Å². The van der Waals surface area contributed by atoms with Crippen LogP contribution in [0.15, 0.2) is 59.5 Å². The summed E-state index contributed by atoms with van der Waals surface area (Å²) in [6.45, 7) is 3.42. The van der Waals surface area contributed by atoms with Gasteiger partial charge >= 0.3 is 0 Å². The van der Waals surface area contributed by atoms with Crippen LogP contribution in [0.4, 0.5) is 0 Å². The fourth-order valence-corrected chi connectivity index (χ4v) is 3.76. The number of nitrogens with one attached hydrogen (secondary N) is 2. The first-order chi connectivity index (χ1) is 12.3. The molecular weight excluding hydrogens is 372 g/mol. The van der Waals surface area contributed by atoms with Gasteiger partial charge in [0.25, 0.3) is 0 Å². The van der Waals surface area contributed by atoms with Gasteiger partial charge in [-0.25, -0.2) is 8.42 Å². The molecule has 2 N–H and O–H groups in total. The van der Waals surface area contributed by atoms with E-state index >= 15 is 0 Å². The molecule has 0 aliphatic heterocycles. The second kappa shape index (κ2) is 9.16. The zero-order valence-corrected chi connectivity index (χ0v) is 16.3. The molecule has 0 saturated heterocycles. The van der Waals surface area contributed by atoms with Gasteiger partial charge < -0.3 is 5.32 Å². The van der Waals surface area contributed by atoms with Gasteiger partial charge in [-0.15, -0.1) is 0 Å². The smallest absolute Gasteiger partial charge is 0.241 e. The molecule has 5 nitrogen and oxygen atoms in total. The first-order valence-corrected chi connectivity index (χ1v) is 10.3. The summed E-state index contributed by atoms with van der Waals surface area (Å²) in [7, 11) is -3.78. The Balaban J connectivity index is 1.87. The van der Waals surface area contributed by atoms with Crippen LogP contribution in [0.1, 0.15) is 25.8 Å². The highest BCUT2D eigenvalue weighted by atomic mass is 35.5. The number of sulfonamides is 1. The molecule has 140 valence electrons. The fourth-order valence-electron chi connectivity index (χ4n) is 2.44. The Kier molecular flexibility index (Phi) is 7.20. The average molecular weight is 395 g/mol. The van der Waals surface area contributed by atoms with Crippen molar-refractivity contribution in [1.29, 1.82) is 0 Å². The summed E-state index contributed by atoms with van der Waals surface area (Å²) < 4.78 is 27.0. The summed E-state index contributed by atoms with van der Waals surface area (Å²) in [6, 6.07) is 14.8. The normalized spacial score (nSPS) is 13.8. The van der Waals surface area contributed by atoms with Crippen molar-refractivity contribution in [3.63, 3.8) is 0 Å². The van der Waals surface area contributed by atoms with Gasteiger partial charge in [-0.2, -0.15) is 4.72 Å². The lowest BCUT2D eigenvalue weighted by atomic mass is 10.1. The molecule has 0 radical (unpaired) electrons. The van der Waals surface area contributed by atoms with Crippen LogP contribution in [-0.4, -0.2) is 26.4 Å². The minimum atomic E-state index is -3.78. The van der Waals surface area contributed by atoms with E-state index in [2.05, 4.69) is 10.0 Å². The highest BCUT2D eigenvalue weighted by molar-refractivity contribution is 7.89. The molecule has 2 rings (SSSR count). The van der Waals surface area contributed by atoms with Crippen LogP contribution < -0.4 is 10.0 Å². The second-order valence-electron chi connectivity index (χ2n) is 6.23. The van der Waals surface area contributed by atoms with Crippen LogP contribution in [0.3, 0.4) is 0 Å². The van der Waals surface area contributed by atoms with E-state index in [1.165, 1.54) is 36.8 Å². The molecule has 0 aromatic heterocycles. The van der Waals surface area contributed by atoms with Gasteiger partial charge in [-0.1, -0.05) is 41.9 Å². The number of hydrogen-bond acceptors (Lipinski definition) is 3. The predicted octanol–water partition coefficient (Wildman–Crippen LogP) is 3.14. The van der Waals surface area contributed by atoms with E-state index in [1.54, 1.807) is 0 Å². The molecule has 7 heteroatoms. The first-order valence-electron chi connectivity index (χ1n) is 8.40. The second-order valence-corrected chi connectivity index (χ2v) is 8.38. The number of rotatable bonds is 8. The maximum absolute atomic E-state index is 12.3. The Labute approximate surface area is 159 Å². The van der Waals surface area contributed by atoms with Crippen molar-refractivity contribution in [3.05, 3.63) is 65.2 Å². The lowest BCUT2D eigenvalue weighted by Gasteiger charge is -2.18. The maximum Gasteiger partial charge on any atom is 0.241 e. The summed E-state index contributed by atoms with van der Waals surface area (Å²) in [4.78, 5) is 12.3. The molecule has 0 fully saturated rings. The molecule has 2 aromatic carbocycles. The van der Waals surface area contributed by atoms with Crippen LogP contribution in [0.25, 0.3) is 0 Å². The number of aryl methyl sites for hydroxylation is 1. The minimum Gasteiger partial charge on any atom is -0.352 e. The third-order valence-electron chi connectivity index (χ3n) is 3.95. The monoisotopic (exact) mass is 394 g/mol. The van der Waals surface area contributed by atoms with Crippen molar-refractivity contribution in [2.45, 2.75) is 43.7 Å². The van der Waals surface area contributed by atoms with E-state index in [0.717, 1.165) is 12.8 Å². The van der Waals surface area contributed by atoms with Gasteiger partial charge in [0.05, 0.1) is 10.9 Å². The number of hydrogen-bond donors (Lipinski definition) is 2. The zero-order valence-electron chi connectivity index (χ0n) is 14.8. The Morgan fingerprint density at radius 1 is 1.04 bits per heavy atom. The largest absolute Gasteiger partial charge is 0.352 e. The molecule has 0 saturated carbocycles. The van der Waals surface area contributed by atoms with Gasteiger partial charge in [0.15, 0.2) is 0 Å². The molecule has 0 spiro atoms. The Morgan fingerprint density at radius 2 is 1.65 bits per heavy atom. The average Bonchev–Trinajstić information content (AvgIpc) is 2.61. The highest BCUT2D eigenvalue weighted by Gasteiger charge is 2.22. The van der Waals surface area contributed by atoms with Crippen LogP contribution in [0, 0.1) is 0 Å². The van der Waals surface area contributed by atoms with Crippen LogP contribution in [-0.2, 0) is 21.2 Å². The summed E-state index contributed by atoms with van der Waals surface area (Å²) in [6.07, 6.45) is 1.61. The van der Waals surface area contributed by atoms with E-state index in [9.17, 15) is 13.2 Å². The molecule has 0 unspecified atom stereocenters. The first kappa shape index (κ1) is 20.4. The molecule has 0 aliphatic rings. The van der Waals surface area contributed by atoms with Gasteiger partial charge in [-0.3, -0.25) is 4.79 Å².